The maximum Gasteiger partial charge on any atom is 0.226 e. The van der Waals surface area contributed by atoms with Gasteiger partial charge in [0.1, 0.15) is 12.4 Å². The number of aromatic nitrogens is 1. The van der Waals surface area contributed by atoms with Crippen LogP contribution < -0.4 is 10.1 Å². The highest BCUT2D eigenvalue weighted by Crippen LogP contribution is 2.27. The van der Waals surface area contributed by atoms with Crippen LogP contribution in [0.15, 0.2) is 54.6 Å². The number of benzene rings is 2. The summed E-state index contributed by atoms with van der Waals surface area (Å²) in [5, 5.41) is 3.76. The summed E-state index contributed by atoms with van der Waals surface area (Å²) in [6.07, 6.45) is -0.206. The molecule has 0 atom stereocenters. The van der Waals surface area contributed by atoms with Crippen molar-refractivity contribution >= 4 is 16.8 Å². The number of aromatic amines is 1. The third-order valence-corrected chi connectivity index (χ3v) is 4.26. The summed E-state index contributed by atoms with van der Waals surface area (Å²) >= 11 is 0. The molecule has 0 saturated carbocycles. The highest BCUT2D eigenvalue weighted by molar-refractivity contribution is 5.88. The number of H-pyrrole nitrogens is 1. The first kappa shape index (κ1) is 18.9. The van der Waals surface area contributed by atoms with E-state index in [1.807, 2.05) is 54.6 Å². The standard InChI is InChI=1S/C21H24N2O4/c1-25-21(26-2)13-22-20(24)12-16-11-17-18(23-16)9-6-10-19(17)27-14-15-7-4-3-5-8-15/h3-11,21,23H,12-14H2,1-2H3,(H,22,24). The number of rotatable bonds is 9. The molecule has 1 aromatic heterocycles. The summed E-state index contributed by atoms with van der Waals surface area (Å²) in [6, 6.07) is 17.8. The zero-order valence-corrected chi connectivity index (χ0v) is 15.5. The molecule has 1 heterocycles. The molecule has 0 saturated heterocycles. The highest BCUT2D eigenvalue weighted by Gasteiger charge is 2.12. The lowest BCUT2D eigenvalue weighted by molar-refractivity contribution is -0.126. The van der Waals surface area contributed by atoms with Gasteiger partial charge < -0.3 is 24.5 Å². The van der Waals surface area contributed by atoms with Crippen molar-refractivity contribution in [2.45, 2.75) is 19.3 Å². The van der Waals surface area contributed by atoms with E-state index in [0.29, 0.717) is 13.2 Å². The van der Waals surface area contributed by atoms with Crippen LogP contribution in [-0.4, -0.2) is 37.9 Å². The van der Waals surface area contributed by atoms with Gasteiger partial charge in [-0.1, -0.05) is 36.4 Å². The zero-order chi connectivity index (χ0) is 19.1. The van der Waals surface area contributed by atoms with Crippen LogP contribution in [0.5, 0.6) is 5.75 Å². The van der Waals surface area contributed by atoms with E-state index >= 15 is 0 Å². The molecule has 6 heteroatoms. The quantitative estimate of drug-likeness (QED) is 0.570. The van der Waals surface area contributed by atoms with Gasteiger partial charge in [-0.25, -0.2) is 0 Å². The zero-order valence-electron chi connectivity index (χ0n) is 15.5. The first-order chi connectivity index (χ1) is 13.2. The van der Waals surface area contributed by atoms with Crippen molar-refractivity contribution in [2.75, 3.05) is 20.8 Å². The molecule has 0 aliphatic carbocycles. The first-order valence-electron chi connectivity index (χ1n) is 8.79. The largest absolute Gasteiger partial charge is 0.488 e. The highest BCUT2D eigenvalue weighted by atomic mass is 16.7. The second-order valence-corrected chi connectivity index (χ2v) is 6.17. The van der Waals surface area contributed by atoms with Crippen LogP contribution in [0.4, 0.5) is 0 Å². The second-order valence-electron chi connectivity index (χ2n) is 6.17. The fourth-order valence-corrected chi connectivity index (χ4v) is 2.84. The number of carbonyl (C=O) groups is 1. The van der Waals surface area contributed by atoms with Gasteiger partial charge in [-0.05, 0) is 23.8 Å². The van der Waals surface area contributed by atoms with Crippen molar-refractivity contribution in [2.24, 2.45) is 0 Å². The summed E-state index contributed by atoms with van der Waals surface area (Å²) in [6.45, 7) is 0.799. The van der Waals surface area contributed by atoms with Crippen molar-refractivity contribution in [3.63, 3.8) is 0 Å². The van der Waals surface area contributed by atoms with Crippen molar-refractivity contribution in [1.82, 2.24) is 10.3 Å². The van der Waals surface area contributed by atoms with Gasteiger partial charge in [-0.3, -0.25) is 4.79 Å². The van der Waals surface area contributed by atoms with Crippen LogP contribution >= 0.6 is 0 Å². The van der Waals surface area contributed by atoms with Gasteiger partial charge in [0, 0.05) is 30.8 Å². The molecular weight excluding hydrogens is 344 g/mol. The Labute approximate surface area is 158 Å². The SMILES string of the molecule is COC(CNC(=O)Cc1cc2c(OCc3ccccc3)cccc2[nH]1)OC. The molecule has 2 aromatic carbocycles. The number of hydrogen-bond acceptors (Lipinski definition) is 4. The molecule has 0 aliphatic rings. The minimum atomic E-state index is -0.449. The van der Waals surface area contributed by atoms with E-state index in [2.05, 4.69) is 10.3 Å². The smallest absolute Gasteiger partial charge is 0.226 e. The van der Waals surface area contributed by atoms with E-state index in [1.54, 1.807) is 0 Å². The molecule has 0 unspecified atom stereocenters. The molecule has 0 radical (unpaired) electrons. The molecule has 0 fully saturated rings. The Kier molecular flexibility index (Phi) is 6.46. The van der Waals surface area contributed by atoms with Crippen molar-refractivity contribution in [3.8, 4) is 5.75 Å². The Morgan fingerprint density at radius 3 is 2.59 bits per heavy atom. The molecule has 2 N–H and O–H groups in total. The summed E-state index contributed by atoms with van der Waals surface area (Å²) in [5.41, 5.74) is 2.87. The number of nitrogens with one attached hydrogen (secondary N) is 2. The van der Waals surface area contributed by atoms with Gasteiger partial charge in [0.05, 0.1) is 13.0 Å². The van der Waals surface area contributed by atoms with Crippen molar-refractivity contribution < 1.29 is 19.0 Å². The lowest BCUT2D eigenvalue weighted by Gasteiger charge is -2.13. The topological polar surface area (TPSA) is 72.6 Å². The van der Waals surface area contributed by atoms with E-state index in [1.165, 1.54) is 14.2 Å². The number of methoxy groups -OCH3 is 2. The van der Waals surface area contributed by atoms with Crippen LogP contribution in [0.1, 0.15) is 11.3 Å². The second kappa shape index (κ2) is 9.21. The minimum Gasteiger partial charge on any atom is -0.488 e. The Morgan fingerprint density at radius 2 is 1.85 bits per heavy atom. The maximum atomic E-state index is 12.1. The molecule has 0 bridgehead atoms. The molecule has 3 aromatic rings. The molecular formula is C21H24N2O4. The van der Waals surface area contributed by atoms with Crippen molar-refractivity contribution in [1.29, 1.82) is 0 Å². The Morgan fingerprint density at radius 1 is 1.07 bits per heavy atom. The monoisotopic (exact) mass is 368 g/mol. The average Bonchev–Trinajstić information content (AvgIpc) is 3.10. The van der Waals surface area contributed by atoms with Gasteiger partial charge in [-0.2, -0.15) is 0 Å². The normalized spacial score (nSPS) is 11.1. The predicted molar refractivity (Wildman–Crippen MR) is 104 cm³/mol. The number of fused-ring (bicyclic) bond motifs is 1. The van der Waals surface area contributed by atoms with Gasteiger partial charge in [0.25, 0.3) is 0 Å². The van der Waals surface area contributed by atoms with E-state index in [9.17, 15) is 4.79 Å². The maximum absolute atomic E-state index is 12.1. The van der Waals surface area contributed by atoms with E-state index in [4.69, 9.17) is 14.2 Å². The fourth-order valence-electron chi connectivity index (χ4n) is 2.84. The minimum absolute atomic E-state index is 0.104. The number of hydrogen-bond donors (Lipinski definition) is 2. The fraction of sp³-hybridized carbons (Fsp3) is 0.286. The van der Waals surface area contributed by atoms with Crippen LogP contribution in [0.25, 0.3) is 10.9 Å². The van der Waals surface area contributed by atoms with Gasteiger partial charge >= 0.3 is 0 Å². The Bertz CT molecular complexity index is 872. The number of amides is 1. The average molecular weight is 368 g/mol. The van der Waals surface area contributed by atoms with Crippen molar-refractivity contribution in [3.05, 3.63) is 65.9 Å². The van der Waals surface area contributed by atoms with Gasteiger partial charge in [0.15, 0.2) is 6.29 Å². The summed E-state index contributed by atoms with van der Waals surface area (Å²) in [5.74, 6) is 0.686. The molecule has 0 aliphatic heterocycles. The van der Waals surface area contributed by atoms with E-state index in [-0.39, 0.29) is 12.3 Å². The van der Waals surface area contributed by atoms with Crippen LogP contribution in [0, 0.1) is 0 Å². The molecule has 1 amide bonds. The summed E-state index contributed by atoms with van der Waals surface area (Å²) in [7, 11) is 3.07. The Hall–Kier alpha value is -2.83. The molecule has 3 rings (SSSR count). The predicted octanol–water partition coefficient (Wildman–Crippen LogP) is 3.02. The van der Waals surface area contributed by atoms with Gasteiger partial charge in [0.2, 0.25) is 5.91 Å². The van der Waals surface area contributed by atoms with E-state index < -0.39 is 6.29 Å². The number of ether oxygens (including phenoxy) is 3. The lowest BCUT2D eigenvalue weighted by Crippen LogP contribution is -2.35. The Balaban J connectivity index is 1.65. The molecule has 142 valence electrons. The third kappa shape index (κ3) is 5.09. The lowest BCUT2D eigenvalue weighted by atomic mass is 10.2. The molecule has 27 heavy (non-hydrogen) atoms. The summed E-state index contributed by atoms with van der Waals surface area (Å²) in [4.78, 5) is 15.4. The molecule has 6 nitrogen and oxygen atoms in total. The van der Waals surface area contributed by atoms with Crippen LogP contribution in [-0.2, 0) is 27.3 Å². The third-order valence-electron chi connectivity index (χ3n) is 4.26. The first-order valence-corrected chi connectivity index (χ1v) is 8.79. The summed E-state index contributed by atoms with van der Waals surface area (Å²) < 4.78 is 16.1. The number of carbonyl (C=O) groups excluding carboxylic acids is 1. The molecule has 0 spiro atoms. The van der Waals surface area contributed by atoms with Crippen LogP contribution in [0.2, 0.25) is 0 Å². The van der Waals surface area contributed by atoms with E-state index in [0.717, 1.165) is 27.9 Å². The van der Waals surface area contributed by atoms with Crippen LogP contribution in [0.3, 0.4) is 0 Å². The van der Waals surface area contributed by atoms with Gasteiger partial charge in [-0.15, -0.1) is 0 Å².